The summed E-state index contributed by atoms with van der Waals surface area (Å²) in [5.41, 5.74) is 0.810. The fourth-order valence-corrected chi connectivity index (χ4v) is 2.25. The van der Waals surface area contributed by atoms with Crippen LogP contribution in [-0.4, -0.2) is 5.78 Å². The summed E-state index contributed by atoms with van der Waals surface area (Å²) in [6, 6.07) is 0. The van der Waals surface area contributed by atoms with Crippen LogP contribution in [-0.2, 0) is 0 Å². The number of halogens is 1. The largest absolute Gasteiger partial charge is 0.294 e. The van der Waals surface area contributed by atoms with Crippen molar-refractivity contribution in [2.45, 2.75) is 13.8 Å². The smallest absolute Gasteiger partial charge is 0.167 e. The molecule has 0 bridgehead atoms. The minimum atomic E-state index is 0.0842. The zero-order valence-corrected chi connectivity index (χ0v) is 8.83. The first-order chi connectivity index (χ1) is 5.13. The number of hydrogen-bond donors (Lipinski definition) is 0. The highest BCUT2D eigenvalue weighted by molar-refractivity contribution is 9.10. The summed E-state index contributed by atoms with van der Waals surface area (Å²) in [6.07, 6.45) is 0. The van der Waals surface area contributed by atoms with Crippen molar-refractivity contribution in [3.05, 3.63) is 20.8 Å². The second-order valence-corrected chi connectivity index (χ2v) is 4.25. The van der Waals surface area contributed by atoms with Crippen LogP contribution in [0.3, 0.4) is 0 Å². The van der Waals surface area contributed by atoms with Gasteiger partial charge in [-0.1, -0.05) is 13.8 Å². The van der Waals surface area contributed by atoms with Gasteiger partial charge in [-0.25, -0.2) is 0 Å². The number of rotatable bonds is 2. The van der Waals surface area contributed by atoms with E-state index in [-0.39, 0.29) is 11.7 Å². The molecular formula is C8H9BrOS. The Morgan fingerprint density at radius 1 is 1.55 bits per heavy atom. The molecule has 0 amide bonds. The van der Waals surface area contributed by atoms with E-state index in [0.717, 1.165) is 10.0 Å². The molecule has 0 aromatic carbocycles. The van der Waals surface area contributed by atoms with Crippen LogP contribution in [0.4, 0.5) is 0 Å². The molecule has 0 aliphatic heterocycles. The number of carbonyl (C=O) groups excluding carboxylic acids is 1. The van der Waals surface area contributed by atoms with E-state index in [9.17, 15) is 4.79 Å². The van der Waals surface area contributed by atoms with Crippen LogP contribution in [0, 0.1) is 5.92 Å². The number of carbonyl (C=O) groups is 1. The lowest BCUT2D eigenvalue weighted by Gasteiger charge is -2.00. The second kappa shape index (κ2) is 3.50. The van der Waals surface area contributed by atoms with Crippen LogP contribution in [0.25, 0.3) is 0 Å². The normalized spacial score (nSPS) is 10.5. The Hall–Kier alpha value is -0.150. The van der Waals surface area contributed by atoms with E-state index >= 15 is 0 Å². The van der Waals surface area contributed by atoms with Crippen LogP contribution in [0.1, 0.15) is 24.2 Å². The Bertz CT molecular complexity index is 265. The van der Waals surface area contributed by atoms with Gasteiger partial charge in [0.2, 0.25) is 0 Å². The van der Waals surface area contributed by atoms with Gasteiger partial charge in [-0.05, 0) is 15.9 Å². The summed E-state index contributed by atoms with van der Waals surface area (Å²) in [7, 11) is 0. The Morgan fingerprint density at radius 3 is 2.55 bits per heavy atom. The summed E-state index contributed by atoms with van der Waals surface area (Å²) in [5.74, 6) is 0.291. The highest BCUT2D eigenvalue weighted by Crippen LogP contribution is 2.23. The lowest BCUT2D eigenvalue weighted by Crippen LogP contribution is -2.06. The molecule has 0 saturated heterocycles. The standard InChI is InChI=1S/C8H9BrOS/c1-5(2)8(10)6-3-11-4-7(6)9/h3-5H,1-2H3. The predicted octanol–water partition coefficient (Wildman–Crippen LogP) is 3.35. The van der Waals surface area contributed by atoms with Crippen LogP contribution < -0.4 is 0 Å². The maximum absolute atomic E-state index is 11.4. The molecule has 0 N–H and O–H groups in total. The summed E-state index contributed by atoms with van der Waals surface area (Å²) in [4.78, 5) is 11.4. The van der Waals surface area contributed by atoms with Gasteiger partial charge in [-0.3, -0.25) is 4.79 Å². The Labute approximate surface area is 78.6 Å². The van der Waals surface area contributed by atoms with E-state index in [1.165, 1.54) is 0 Å². The molecule has 0 aliphatic rings. The maximum Gasteiger partial charge on any atom is 0.167 e. The van der Waals surface area contributed by atoms with Gasteiger partial charge in [0.1, 0.15) is 0 Å². The average Bonchev–Trinajstić information content (AvgIpc) is 2.33. The molecular weight excluding hydrogens is 224 g/mol. The van der Waals surface area contributed by atoms with Crippen molar-refractivity contribution < 1.29 is 4.79 Å². The quantitative estimate of drug-likeness (QED) is 0.716. The molecule has 0 aliphatic carbocycles. The van der Waals surface area contributed by atoms with Gasteiger partial charge < -0.3 is 0 Å². The molecule has 1 nitrogen and oxygen atoms in total. The average molecular weight is 233 g/mol. The first-order valence-electron chi connectivity index (χ1n) is 3.39. The van der Waals surface area contributed by atoms with Crippen LogP contribution >= 0.6 is 27.3 Å². The van der Waals surface area contributed by atoms with Crippen molar-refractivity contribution in [1.29, 1.82) is 0 Å². The van der Waals surface area contributed by atoms with E-state index < -0.39 is 0 Å². The van der Waals surface area contributed by atoms with Crippen molar-refractivity contribution in [2.24, 2.45) is 5.92 Å². The first-order valence-corrected chi connectivity index (χ1v) is 5.12. The lowest BCUT2D eigenvalue weighted by molar-refractivity contribution is 0.0939. The van der Waals surface area contributed by atoms with Gasteiger partial charge in [0, 0.05) is 26.7 Å². The molecule has 0 saturated carbocycles. The second-order valence-electron chi connectivity index (χ2n) is 2.65. The maximum atomic E-state index is 11.4. The number of ketones is 1. The predicted molar refractivity (Wildman–Crippen MR) is 51.2 cm³/mol. The van der Waals surface area contributed by atoms with Gasteiger partial charge in [0.25, 0.3) is 0 Å². The minimum Gasteiger partial charge on any atom is -0.294 e. The topological polar surface area (TPSA) is 17.1 Å². The number of Topliss-reactive ketones (excluding diaryl/α,β-unsaturated/α-hetero) is 1. The molecule has 11 heavy (non-hydrogen) atoms. The summed E-state index contributed by atoms with van der Waals surface area (Å²) >= 11 is 4.87. The Morgan fingerprint density at radius 2 is 2.18 bits per heavy atom. The van der Waals surface area contributed by atoms with Crippen molar-refractivity contribution >= 4 is 33.0 Å². The Kier molecular flexibility index (Phi) is 2.84. The van der Waals surface area contributed by atoms with Gasteiger partial charge in [0.15, 0.2) is 5.78 Å². The summed E-state index contributed by atoms with van der Waals surface area (Å²) < 4.78 is 0.918. The van der Waals surface area contributed by atoms with E-state index in [1.807, 2.05) is 24.6 Å². The molecule has 0 radical (unpaired) electrons. The van der Waals surface area contributed by atoms with Crippen molar-refractivity contribution in [1.82, 2.24) is 0 Å². The van der Waals surface area contributed by atoms with Crippen LogP contribution in [0.5, 0.6) is 0 Å². The molecule has 60 valence electrons. The zero-order valence-electron chi connectivity index (χ0n) is 6.43. The zero-order chi connectivity index (χ0) is 8.43. The lowest BCUT2D eigenvalue weighted by atomic mass is 10.0. The summed E-state index contributed by atoms with van der Waals surface area (Å²) in [5, 5.41) is 3.81. The van der Waals surface area contributed by atoms with E-state index in [0.29, 0.717) is 0 Å². The Balaban J connectivity index is 2.93. The third kappa shape index (κ3) is 1.91. The van der Waals surface area contributed by atoms with Crippen molar-refractivity contribution in [3.63, 3.8) is 0 Å². The molecule has 0 unspecified atom stereocenters. The fraction of sp³-hybridized carbons (Fsp3) is 0.375. The molecule has 1 heterocycles. The fourth-order valence-electron chi connectivity index (χ4n) is 0.768. The van der Waals surface area contributed by atoms with E-state index in [2.05, 4.69) is 15.9 Å². The van der Waals surface area contributed by atoms with E-state index in [4.69, 9.17) is 0 Å². The molecule has 0 atom stereocenters. The van der Waals surface area contributed by atoms with Crippen molar-refractivity contribution in [2.75, 3.05) is 0 Å². The van der Waals surface area contributed by atoms with Gasteiger partial charge in [-0.2, -0.15) is 11.3 Å². The number of thiophene rings is 1. The highest BCUT2D eigenvalue weighted by Gasteiger charge is 2.13. The third-order valence-electron chi connectivity index (χ3n) is 1.40. The van der Waals surface area contributed by atoms with Crippen LogP contribution in [0.15, 0.2) is 15.2 Å². The van der Waals surface area contributed by atoms with Gasteiger partial charge in [-0.15, -0.1) is 0 Å². The number of hydrogen-bond acceptors (Lipinski definition) is 2. The third-order valence-corrected chi connectivity index (χ3v) is 3.11. The molecule has 0 spiro atoms. The van der Waals surface area contributed by atoms with Crippen molar-refractivity contribution in [3.8, 4) is 0 Å². The van der Waals surface area contributed by atoms with E-state index in [1.54, 1.807) is 11.3 Å². The SMILES string of the molecule is CC(C)C(=O)c1cscc1Br. The molecule has 1 aromatic heterocycles. The monoisotopic (exact) mass is 232 g/mol. The molecule has 3 heteroatoms. The van der Waals surface area contributed by atoms with Crippen LogP contribution in [0.2, 0.25) is 0 Å². The first kappa shape index (κ1) is 8.94. The highest BCUT2D eigenvalue weighted by atomic mass is 79.9. The van der Waals surface area contributed by atoms with Gasteiger partial charge >= 0.3 is 0 Å². The van der Waals surface area contributed by atoms with Gasteiger partial charge in [0.05, 0.1) is 0 Å². The summed E-state index contributed by atoms with van der Waals surface area (Å²) in [6.45, 7) is 3.82. The molecule has 1 aromatic rings. The molecule has 0 fully saturated rings. The minimum absolute atomic E-state index is 0.0842. The molecule has 1 rings (SSSR count).